The van der Waals surface area contributed by atoms with Crippen molar-refractivity contribution in [1.29, 1.82) is 0 Å². The Kier molecular flexibility index (Phi) is 9.93. The normalized spacial score (nSPS) is 12.4. The van der Waals surface area contributed by atoms with E-state index in [4.69, 9.17) is 70.2 Å². The van der Waals surface area contributed by atoms with Crippen LogP contribution in [0.15, 0.2) is 18.2 Å². The summed E-state index contributed by atoms with van der Waals surface area (Å²) in [4.78, 5) is 12.0. The SMILES string of the molecule is CCCCCC(=O)N[C@H](NC(=S)Nc1ccc(Cl)cc1Cl)C(Cl)(Cl)Cl. The van der Waals surface area contributed by atoms with E-state index in [2.05, 4.69) is 22.9 Å². The fourth-order valence-electron chi connectivity index (χ4n) is 1.85. The van der Waals surface area contributed by atoms with E-state index in [1.165, 1.54) is 0 Å². The van der Waals surface area contributed by atoms with Crippen molar-refractivity contribution >= 4 is 86.9 Å². The number of anilines is 1. The lowest BCUT2D eigenvalue weighted by atomic mass is 10.2. The van der Waals surface area contributed by atoms with Gasteiger partial charge in [-0.2, -0.15) is 0 Å². The van der Waals surface area contributed by atoms with Crippen molar-refractivity contribution in [1.82, 2.24) is 10.6 Å². The first-order valence-electron chi connectivity index (χ1n) is 7.52. The largest absolute Gasteiger partial charge is 0.339 e. The molecule has 0 saturated heterocycles. The van der Waals surface area contributed by atoms with Crippen LogP contribution in [0.1, 0.15) is 32.6 Å². The molecule has 1 rings (SSSR count). The summed E-state index contributed by atoms with van der Waals surface area (Å²) in [5.74, 6) is -0.232. The van der Waals surface area contributed by atoms with E-state index in [1.54, 1.807) is 18.2 Å². The topological polar surface area (TPSA) is 53.2 Å². The van der Waals surface area contributed by atoms with Crippen LogP contribution >= 0.6 is 70.2 Å². The molecule has 1 amide bonds. The first kappa shape index (κ1) is 22.9. The van der Waals surface area contributed by atoms with Gasteiger partial charge in [0.05, 0.1) is 10.7 Å². The zero-order chi connectivity index (χ0) is 19.0. The van der Waals surface area contributed by atoms with Crippen LogP contribution < -0.4 is 16.0 Å². The van der Waals surface area contributed by atoms with Gasteiger partial charge in [0.1, 0.15) is 6.17 Å². The van der Waals surface area contributed by atoms with Gasteiger partial charge < -0.3 is 16.0 Å². The van der Waals surface area contributed by atoms with Gasteiger partial charge in [-0.3, -0.25) is 4.79 Å². The van der Waals surface area contributed by atoms with Gasteiger partial charge in [0, 0.05) is 11.4 Å². The maximum Gasteiger partial charge on any atom is 0.228 e. The molecule has 140 valence electrons. The number of rotatable bonds is 7. The van der Waals surface area contributed by atoms with Gasteiger partial charge in [-0.05, 0) is 36.8 Å². The second kappa shape index (κ2) is 10.9. The van der Waals surface area contributed by atoms with E-state index in [0.717, 1.165) is 19.3 Å². The number of amides is 1. The molecular formula is C15H18Cl5N3OS. The lowest BCUT2D eigenvalue weighted by Gasteiger charge is -2.28. The molecule has 0 aliphatic heterocycles. The maximum absolute atomic E-state index is 12.0. The smallest absolute Gasteiger partial charge is 0.228 e. The summed E-state index contributed by atoms with van der Waals surface area (Å²) in [6.45, 7) is 2.05. The average Bonchev–Trinajstić information content (AvgIpc) is 2.49. The Morgan fingerprint density at radius 2 is 1.88 bits per heavy atom. The van der Waals surface area contributed by atoms with Crippen LogP contribution in [0.2, 0.25) is 10.0 Å². The molecule has 0 unspecified atom stereocenters. The van der Waals surface area contributed by atoms with Crippen LogP contribution in [-0.2, 0) is 4.79 Å². The van der Waals surface area contributed by atoms with Gasteiger partial charge in [-0.15, -0.1) is 0 Å². The number of unbranched alkanes of at least 4 members (excludes halogenated alkanes) is 2. The summed E-state index contributed by atoms with van der Waals surface area (Å²) in [5, 5.41) is 9.27. The summed E-state index contributed by atoms with van der Waals surface area (Å²) in [5.41, 5.74) is 0.529. The molecule has 3 N–H and O–H groups in total. The Bertz CT molecular complexity index is 609. The van der Waals surface area contributed by atoms with Gasteiger partial charge in [-0.1, -0.05) is 77.8 Å². The Morgan fingerprint density at radius 3 is 2.44 bits per heavy atom. The average molecular weight is 466 g/mol. The Hall–Kier alpha value is -0.170. The zero-order valence-electron chi connectivity index (χ0n) is 13.3. The van der Waals surface area contributed by atoms with Gasteiger partial charge in [0.2, 0.25) is 9.70 Å². The van der Waals surface area contributed by atoms with E-state index < -0.39 is 9.96 Å². The second-order valence-corrected chi connectivity index (χ2v) is 8.84. The van der Waals surface area contributed by atoms with Crippen LogP contribution in [0.25, 0.3) is 0 Å². The molecule has 0 heterocycles. The fraction of sp³-hybridized carbons (Fsp3) is 0.467. The predicted octanol–water partition coefficient (Wildman–Crippen LogP) is 5.67. The number of halogens is 5. The molecule has 0 fully saturated rings. The summed E-state index contributed by atoms with van der Waals surface area (Å²) < 4.78 is -1.80. The Morgan fingerprint density at radius 1 is 1.20 bits per heavy atom. The number of benzene rings is 1. The summed E-state index contributed by atoms with van der Waals surface area (Å²) in [6.07, 6.45) is 2.06. The van der Waals surface area contributed by atoms with E-state index in [0.29, 0.717) is 22.2 Å². The van der Waals surface area contributed by atoms with E-state index >= 15 is 0 Å². The van der Waals surface area contributed by atoms with Crippen molar-refractivity contribution in [2.45, 2.75) is 42.6 Å². The number of carbonyl (C=O) groups excluding carboxylic acids is 1. The third-order valence-electron chi connectivity index (χ3n) is 3.09. The maximum atomic E-state index is 12.0. The number of nitrogens with one attached hydrogen (secondary N) is 3. The van der Waals surface area contributed by atoms with Crippen molar-refractivity contribution in [2.24, 2.45) is 0 Å². The molecule has 0 radical (unpaired) electrons. The first-order chi connectivity index (χ1) is 11.6. The number of carbonyl (C=O) groups is 1. The third-order valence-corrected chi connectivity index (χ3v) is 4.52. The fourth-order valence-corrected chi connectivity index (χ4v) is 2.86. The lowest BCUT2D eigenvalue weighted by molar-refractivity contribution is -0.122. The molecule has 10 heteroatoms. The van der Waals surface area contributed by atoms with E-state index in [1.807, 2.05) is 0 Å². The minimum atomic E-state index is -1.80. The molecule has 4 nitrogen and oxygen atoms in total. The van der Waals surface area contributed by atoms with Crippen molar-refractivity contribution in [3.63, 3.8) is 0 Å². The second-order valence-electron chi connectivity index (χ2n) is 5.22. The van der Waals surface area contributed by atoms with Crippen LogP contribution in [0.3, 0.4) is 0 Å². The summed E-state index contributed by atoms with van der Waals surface area (Å²) >= 11 is 34.9. The minimum absolute atomic E-state index is 0.134. The molecule has 0 aromatic heterocycles. The van der Waals surface area contributed by atoms with Gasteiger partial charge in [0.25, 0.3) is 0 Å². The third kappa shape index (κ3) is 8.85. The van der Waals surface area contributed by atoms with E-state index in [9.17, 15) is 4.79 Å². The lowest BCUT2D eigenvalue weighted by Crippen LogP contribution is -2.56. The molecular weight excluding hydrogens is 448 g/mol. The first-order valence-corrected chi connectivity index (χ1v) is 9.82. The molecule has 0 aliphatic carbocycles. The highest BCUT2D eigenvalue weighted by atomic mass is 35.6. The highest BCUT2D eigenvalue weighted by molar-refractivity contribution is 7.80. The molecule has 0 aliphatic rings. The standard InChI is InChI=1S/C15H18Cl5N3OS/c1-2-3-4-5-12(24)22-13(15(18,19)20)23-14(25)21-11-7-6-9(16)8-10(11)17/h6-8,13H,2-5H2,1H3,(H,22,24)(H2,21,23,25)/t13-/m1/s1. The number of thiocarbonyl (C=S) groups is 1. The molecule has 1 aromatic carbocycles. The molecule has 1 aromatic rings. The number of alkyl halides is 3. The van der Waals surface area contributed by atoms with Crippen LogP contribution in [0, 0.1) is 0 Å². The molecule has 0 saturated carbocycles. The van der Waals surface area contributed by atoms with E-state index in [-0.39, 0.29) is 11.0 Å². The molecule has 0 spiro atoms. The number of hydrogen-bond acceptors (Lipinski definition) is 2. The highest BCUT2D eigenvalue weighted by Crippen LogP contribution is 2.30. The van der Waals surface area contributed by atoms with Gasteiger partial charge in [0.15, 0.2) is 5.11 Å². The van der Waals surface area contributed by atoms with Gasteiger partial charge in [-0.25, -0.2) is 0 Å². The highest BCUT2D eigenvalue weighted by Gasteiger charge is 2.34. The van der Waals surface area contributed by atoms with Crippen LogP contribution in [-0.4, -0.2) is 21.0 Å². The summed E-state index contributed by atoms with van der Waals surface area (Å²) in [7, 11) is 0. The quantitative estimate of drug-likeness (QED) is 0.210. The Labute approximate surface area is 177 Å². The minimum Gasteiger partial charge on any atom is -0.339 e. The van der Waals surface area contributed by atoms with Crippen molar-refractivity contribution < 1.29 is 4.79 Å². The predicted molar refractivity (Wildman–Crippen MR) is 112 cm³/mol. The zero-order valence-corrected chi connectivity index (χ0v) is 17.9. The van der Waals surface area contributed by atoms with Gasteiger partial charge >= 0.3 is 0 Å². The molecule has 25 heavy (non-hydrogen) atoms. The molecule has 1 atom stereocenters. The molecule has 0 bridgehead atoms. The Balaban J connectivity index is 2.68. The summed E-state index contributed by atoms with van der Waals surface area (Å²) in [6, 6.07) is 4.88. The van der Waals surface area contributed by atoms with Crippen LogP contribution in [0.5, 0.6) is 0 Å². The van der Waals surface area contributed by atoms with Crippen LogP contribution in [0.4, 0.5) is 5.69 Å². The van der Waals surface area contributed by atoms with Crippen molar-refractivity contribution in [3.8, 4) is 0 Å². The van der Waals surface area contributed by atoms with Crippen molar-refractivity contribution in [3.05, 3.63) is 28.2 Å². The van der Waals surface area contributed by atoms with Crippen molar-refractivity contribution in [2.75, 3.05) is 5.32 Å². The number of hydrogen-bond donors (Lipinski definition) is 3. The monoisotopic (exact) mass is 463 g/mol.